The van der Waals surface area contributed by atoms with Gasteiger partial charge in [-0.3, -0.25) is 14.8 Å². The van der Waals surface area contributed by atoms with Crippen LogP contribution < -0.4 is 15.8 Å². The van der Waals surface area contributed by atoms with E-state index < -0.39 is 5.60 Å². The maximum atomic E-state index is 12.4. The lowest BCUT2D eigenvalue weighted by Crippen LogP contribution is -2.41. The van der Waals surface area contributed by atoms with Crippen molar-refractivity contribution in [1.82, 2.24) is 15.0 Å². The minimum Gasteiger partial charge on any atom is -0.390 e. The monoisotopic (exact) mass is 587 g/mol. The van der Waals surface area contributed by atoms with Gasteiger partial charge in [-0.1, -0.05) is 35.7 Å². The van der Waals surface area contributed by atoms with Crippen molar-refractivity contribution < 1.29 is 9.84 Å². The molecule has 0 radical (unpaired) electrons. The van der Waals surface area contributed by atoms with Crippen LogP contribution in [0.4, 0.5) is 11.4 Å². The highest BCUT2D eigenvalue weighted by Crippen LogP contribution is 2.52. The highest BCUT2D eigenvalue weighted by atomic mass is 32.2. The number of aromatic nitrogens is 3. The molecule has 3 N–H and O–H groups in total. The molecule has 1 fully saturated rings. The summed E-state index contributed by atoms with van der Waals surface area (Å²) in [4.78, 5) is 31.1. The molecule has 2 aliphatic rings. The zero-order chi connectivity index (χ0) is 28.6. The predicted octanol–water partition coefficient (Wildman–Crippen LogP) is 5.98. The van der Waals surface area contributed by atoms with E-state index in [0.29, 0.717) is 31.8 Å². The third-order valence-corrected chi connectivity index (χ3v) is 9.75. The molecular formula is C31H33N5O3S2. The Bertz CT molecular complexity index is 1600. The number of benzene rings is 2. The Hall–Kier alpha value is -3.31. The summed E-state index contributed by atoms with van der Waals surface area (Å²) < 4.78 is 6.24. The highest BCUT2D eigenvalue weighted by molar-refractivity contribution is 8.05. The lowest BCUT2D eigenvalue weighted by molar-refractivity contribution is 0.0378. The average Bonchev–Trinajstić information content (AvgIpc) is 2.95. The zero-order valence-corrected chi connectivity index (χ0v) is 24.9. The molecule has 1 saturated heterocycles. The number of pyridine rings is 1. The molecule has 0 aliphatic carbocycles. The first-order valence-electron chi connectivity index (χ1n) is 13.7. The number of H-pyrrole nitrogens is 1. The number of aromatic amines is 1. The number of nitrogens with one attached hydrogen (secondary N) is 2. The third-order valence-electron chi connectivity index (χ3n) is 7.14. The van der Waals surface area contributed by atoms with E-state index in [0.717, 1.165) is 22.6 Å². The topological polar surface area (TPSA) is 103 Å². The number of anilines is 2. The van der Waals surface area contributed by atoms with Crippen LogP contribution in [0.5, 0.6) is 0 Å². The minimum atomic E-state index is -0.872. The quantitative estimate of drug-likeness (QED) is 0.212. The molecule has 10 heteroatoms. The molecule has 2 atom stereocenters. The summed E-state index contributed by atoms with van der Waals surface area (Å²) in [7, 11) is 0. The van der Waals surface area contributed by atoms with Crippen LogP contribution in [-0.4, -0.2) is 45.4 Å². The molecule has 2 aromatic carbocycles. The fraction of sp³-hybridized carbons (Fsp3) is 0.323. The standard InChI is InChI=1S/C31H33N5O3S2/c1-19-16-34-23(17-33-19)22(15-31(2,3)38)35-20-9-10-26-28(14-20)40-27-8-4-6-21(29(27)41-26)25-18-36(12-13-39-25)24-7-5-11-32-30(24)37/h4-11,14,16-17,22,25,35,38H,12-13,15,18H2,1-3H3,(H,32,37). The van der Waals surface area contributed by atoms with Crippen molar-refractivity contribution in [3.05, 3.63) is 94.4 Å². The first-order valence-corrected chi connectivity index (χ1v) is 15.3. The van der Waals surface area contributed by atoms with Gasteiger partial charge in [0.15, 0.2) is 0 Å². The van der Waals surface area contributed by atoms with Crippen molar-refractivity contribution >= 4 is 34.9 Å². The van der Waals surface area contributed by atoms with Gasteiger partial charge in [-0.15, -0.1) is 0 Å². The molecule has 0 saturated carbocycles. The number of fused-ring (bicyclic) bond motifs is 2. The van der Waals surface area contributed by atoms with Gasteiger partial charge in [0.25, 0.3) is 5.56 Å². The van der Waals surface area contributed by atoms with E-state index in [1.165, 1.54) is 19.6 Å². The molecule has 0 spiro atoms. The number of rotatable bonds is 7. The Kier molecular flexibility index (Phi) is 7.82. The summed E-state index contributed by atoms with van der Waals surface area (Å²) in [5, 5.41) is 14.2. The number of morpholine rings is 1. The van der Waals surface area contributed by atoms with Crippen LogP contribution >= 0.6 is 23.5 Å². The van der Waals surface area contributed by atoms with Crippen LogP contribution in [-0.2, 0) is 4.74 Å². The maximum Gasteiger partial charge on any atom is 0.271 e. The van der Waals surface area contributed by atoms with Gasteiger partial charge in [-0.25, -0.2) is 0 Å². The van der Waals surface area contributed by atoms with Crippen LogP contribution in [0.15, 0.2) is 91.5 Å². The second kappa shape index (κ2) is 11.5. The second-order valence-corrected chi connectivity index (χ2v) is 13.2. The molecule has 4 heterocycles. The summed E-state index contributed by atoms with van der Waals surface area (Å²) in [5.74, 6) is 0. The summed E-state index contributed by atoms with van der Waals surface area (Å²) in [5.41, 5.74) is 3.50. The van der Waals surface area contributed by atoms with Crippen molar-refractivity contribution in [3.8, 4) is 0 Å². The van der Waals surface area contributed by atoms with Crippen molar-refractivity contribution in [3.63, 3.8) is 0 Å². The first-order chi connectivity index (χ1) is 19.7. The van der Waals surface area contributed by atoms with E-state index in [1.54, 1.807) is 42.1 Å². The van der Waals surface area contributed by atoms with Crippen LogP contribution in [0.25, 0.3) is 0 Å². The molecule has 4 aromatic rings. The summed E-state index contributed by atoms with van der Waals surface area (Å²) in [6, 6.07) is 16.3. The lowest BCUT2D eigenvalue weighted by Gasteiger charge is -2.35. The third kappa shape index (κ3) is 6.30. The SMILES string of the molecule is Cc1cnc(C(CC(C)(C)O)Nc2ccc3c(c2)Sc2cccc(C4CN(c5ccc[nH]c5=O)CCO4)c2S3)cn1. The fourth-order valence-electron chi connectivity index (χ4n) is 5.20. The van der Waals surface area contributed by atoms with E-state index in [2.05, 4.69) is 61.6 Å². The van der Waals surface area contributed by atoms with Gasteiger partial charge in [-0.05, 0) is 62.7 Å². The Balaban J connectivity index is 1.23. The molecule has 212 valence electrons. The number of hydrogen-bond acceptors (Lipinski definition) is 9. The normalized spacial score (nSPS) is 17.5. The Morgan fingerprint density at radius 1 is 1.12 bits per heavy atom. The van der Waals surface area contributed by atoms with Crippen molar-refractivity contribution in [2.45, 2.75) is 64.5 Å². The summed E-state index contributed by atoms with van der Waals surface area (Å²) >= 11 is 3.51. The van der Waals surface area contributed by atoms with Crippen molar-refractivity contribution in [2.75, 3.05) is 29.9 Å². The summed E-state index contributed by atoms with van der Waals surface area (Å²) in [6.45, 7) is 7.40. The average molecular weight is 588 g/mol. The van der Waals surface area contributed by atoms with E-state index in [-0.39, 0.29) is 17.7 Å². The second-order valence-electron chi connectivity index (χ2n) is 11.0. The number of nitrogens with zero attached hydrogens (tertiary/aromatic N) is 3. The smallest absolute Gasteiger partial charge is 0.271 e. The van der Waals surface area contributed by atoms with Gasteiger partial charge in [0.1, 0.15) is 11.8 Å². The van der Waals surface area contributed by atoms with Crippen molar-refractivity contribution in [2.24, 2.45) is 0 Å². The molecule has 41 heavy (non-hydrogen) atoms. The molecule has 6 rings (SSSR count). The maximum absolute atomic E-state index is 12.4. The van der Waals surface area contributed by atoms with Gasteiger partial charge >= 0.3 is 0 Å². The van der Waals surface area contributed by atoms with Gasteiger partial charge in [0, 0.05) is 57.2 Å². The molecule has 8 nitrogen and oxygen atoms in total. The minimum absolute atomic E-state index is 0.0780. The van der Waals surface area contributed by atoms with Crippen LogP contribution in [0.2, 0.25) is 0 Å². The zero-order valence-electron chi connectivity index (χ0n) is 23.3. The van der Waals surface area contributed by atoms with Crippen molar-refractivity contribution in [1.29, 1.82) is 0 Å². The predicted molar refractivity (Wildman–Crippen MR) is 163 cm³/mol. The molecule has 2 aliphatic heterocycles. The van der Waals surface area contributed by atoms with Gasteiger partial charge < -0.3 is 25.0 Å². The lowest BCUT2D eigenvalue weighted by atomic mass is 9.97. The van der Waals surface area contributed by atoms with Gasteiger partial charge in [0.2, 0.25) is 0 Å². The molecule has 2 unspecified atom stereocenters. The Labute approximate surface area is 248 Å². The Morgan fingerprint density at radius 3 is 2.78 bits per heavy atom. The highest BCUT2D eigenvalue weighted by Gasteiger charge is 2.29. The van der Waals surface area contributed by atoms with E-state index in [1.807, 2.05) is 32.9 Å². The van der Waals surface area contributed by atoms with E-state index in [9.17, 15) is 9.90 Å². The van der Waals surface area contributed by atoms with Crippen LogP contribution in [0.1, 0.15) is 49.4 Å². The largest absolute Gasteiger partial charge is 0.390 e. The van der Waals surface area contributed by atoms with Crippen LogP contribution in [0.3, 0.4) is 0 Å². The first kappa shape index (κ1) is 27.8. The number of hydrogen-bond donors (Lipinski definition) is 3. The molecule has 0 bridgehead atoms. The fourth-order valence-corrected chi connectivity index (χ4v) is 7.65. The Morgan fingerprint density at radius 2 is 2.00 bits per heavy atom. The molecule has 2 aromatic heterocycles. The van der Waals surface area contributed by atoms with Gasteiger partial charge in [-0.2, -0.15) is 0 Å². The summed E-state index contributed by atoms with van der Waals surface area (Å²) in [6.07, 6.45) is 5.56. The van der Waals surface area contributed by atoms with Gasteiger partial charge in [0.05, 0.1) is 35.8 Å². The van der Waals surface area contributed by atoms with E-state index in [4.69, 9.17) is 4.74 Å². The molecular weight excluding hydrogens is 555 g/mol. The number of aliphatic hydroxyl groups is 1. The van der Waals surface area contributed by atoms with Crippen LogP contribution in [0, 0.1) is 6.92 Å². The number of aryl methyl sites for hydroxylation is 1. The molecule has 0 amide bonds. The van der Waals surface area contributed by atoms with E-state index >= 15 is 0 Å². The number of ether oxygens (including phenoxy) is 1.